The highest BCUT2D eigenvalue weighted by Crippen LogP contribution is 2.06. The minimum absolute atomic E-state index is 0. The molecule has 0 aromatic carbocycles. The van der Waals surface area contributed by atoms with E-state index in [9.17, 15) is 0 Å². The van der Waals surface area contributed by atoms with Crippen LogP contribution >= 0.6 is 0 Å². The molecular formula is C20H42I2N2O6. The standard InChI is InChI=1S/C20H42N2O6.2HI/c1-21-3-9-23-15-18-26-12-6-22(2,7-13-27-19-16-24-10-4-21)8-14-28-20-17-25-11-5-21;;/h3-20H2,1-2H3;2*1H/q+2;;/p-2. The molecule has 8 nitrogen and oxygen atoms in total. The first-order valence-corrected chi connectivity index (χ1v) is 10.8. The van der Waals surface area contributed by atoms with Crippen LogP contribution in [0.4, 0.5) is 0 Å². The zero-order valence-corrected chi connectivity index (χ0v) is 23.1. The Balaban J connectivity index is 0.00000420. The average Bonchev–Trinajstić information content (AvgIpc) is 2.67. The minimum Gasteiger partial charge on any atom is -1.00 e. The predicted octanol–water partition coefficient (Wildman–Crippen LogP) is -5.99. The fraction of sp³-hybridized carbons (Fsp3) is 1.00. The first kappa shape index (κ1) is 31.1. The molecule has 182 valence electrons. The van der Waals surface area contributed by atoms with Gasteiger partial charge in [-0.15, -0.1) is 0 Å². The van der Waals surface area contributed by atoms with Crippen LogP contribution in [-0.2, 0) is 28.4 Å². The maximum atomic E-state index is 5.82. The van der Waals surface area contributed by atoms with Crippen LogP contribution in [0, 0.1) is 0 Å². The van der Waals surface area contributed by atoms with Gasteiger partial charge in [0.2, 0.25) is 0 Å². The van der Waals surface area contributed by atoms with Crippen LogP contribution in [-0.4, -0.2) is 142 Å². The van der Waals surface area contributed by atoms with Gasteiger partial charge >= 0.3 is 0 Å². The molecule has 3 heterocycles. The van der Waals surface area contributed by atoms with Crippen molar-refractivity contribution in [2.24, 2.45) is 0 Å². The van der Waals surface area contributed by atoms with E-state index in [1.807, 2.05) is 0 Å². The summed E-state index contributed by atoms with van der Waals surface area (Å²) < 4.78 is 36.7. The summed E-state index contributed by atoms with van der Waals surface area (Å²) in [6, 6.07) is 0. The van der Waals surface area contributed by atoms with Gasteiger partial charge in [-0.25, -0.2) is 0 Å². The van der Waals surface area contributed by atoms with Gasteiger partial charge in [0, 0.05) is 0 Å². The van der Waals surface area contributed by atoms with Crippen LogP contribution in [0.25, 0.3) is 0 Å². The van der Waals surface area contributed by atoms with Crippen molar-refractivity contribution in [2.75, 3.05) is 133 Å². The monoisotopic (exact) mass is 660 g/mol. The highest BCUT2D eigenvalue weighted by Gasteiger charge is 2.23. The molecule has 10 heteroatoms. The molecule has 0 aromatic rings. The lowest BCUT2D eigenvalue weighted by atomic mass is 10.3. The minimum atomic E-state index is 0. The van der Waals surface area contributed by atoms with Gasteiger partial charge in [-0.05, 0) is 0 Å². The molecule has 3 saturated heterocycles. The van der Waals surface area contributed by atoms with Gasteiger partial charge in [-0.2, -0.15) is 0 Å². The van der Waals surface area contributed by atoms with Crippen molar-refractivity contribution in [1.29, 1.82) is 0 Å². The van der Waals surface area contributed by atoms with Crippen molar-refractivity contribution < 1.29 is 85.3 Å². The molecule has 0 unspecified atom stereocenters. The Labute approximate surface area is 217 Å². The van der Waals surface area contributed by atoms with Crippen LogP contribution < -0.4 is 48.0 Å². The topological polar surface area (TPSA) is 55.4 Å². The van der Waals surface area contributed by atoms with Gasteiger partial charge in [0.15, 0.2) is 0 Å². The molecule has 30 heavy (non-hydrogen) atoms. The third-order valence-corrected chi connectivity index (χ3v) is 5.77. The summed E-state index contributed by atoms with van der Waals surface area (Å²) in [6.45, 7) is 13.8. The molecule has 0 saturated carbocycles. The van der Waals surface area contributed by atoms with Crippen LogP contribution in [0.2, 0.25) is 0 Å². The number of ether oxygens (including phenoxy) is 6. The van der Waals surface area contributed by atoms with Gasteiger partial charge in [0.05, 0.1) is 93.4 Å². The first-order chi connectivity index (χ1) is 13.6. The van der Waals surface area contributed by atoms with E-state index in [2.05, 4.69) is 14.1 Å². The Kier molecular flexibility index (Phi) is 19.3. The second kappa shape index (κ2) is 18.6. The molecule has 0 spiro atoms. The van der Waals surface area contributed by atoms with Crippen LogP contribution in [0.15, 0.2) is 0 Å². The first-order valence-electron chi connectivity index (χ1n) is 10.8. The van der Waals surface area contributed by atoms with E-state index >= 15 is 0 Å². The Morgan fingerprint density at radius 3 is 0.667 bits per heavy atom. The van der Waals surface area contributed by atoms with Crippen molar-refractivity contribution in [3.8, 4) is 0 Å². The molecule has 0 aromatic heterocycles. The van der Waals surface area contributed by atoms with Gasteiger partial charge in [0.1, 0.15) is 39.3 Å². The van der Waals surface area contributed by atoms with Crippen molar-refractivity contribution in [2.45, 2.75) is 0 Å². The highest BCUT2D eigenvalue weighted by molar-refractivity contribution is 4.47. The summed E-state index contributed by atoms with van der Waals surface area (Å²) in [6.07, 6.45) is 0. The Bertz CT molecular complexity index is 320. The molecule has 0 N–H and O–H groups in total. The maximum Gasteiger partial charge on any atom is 0.102 e. The van der Waals surface area contributed by atoms with Crippen molar-refractivity contribution in [1.82, 2.24) is 0 Å². The van der Waals surface area contributed by atoms with Gasteiger partial charge in [-0.1, -0.05) is 0 Å². The second-order valence-corrected chi connectivity index (χ2v) is 8.25. The van der Waals surface area contributed by atoms with Gasteiger partial charge in [0.25, 0.3) is 0 Å². The second-order valence-electron chi connectivity index (χ2n) is 8.25. The van der Waals surface area contributed by atoms with E-state index in [4.69, 9.17) is 28.4 Å². The van der Waals surface area contributed by atoms with E-state index in [0.717, 1.165) is 87.9 Å². The fourth-order valence-corrected chi connectivity index (χ4v) is 3.35. The number of hydrogen-bond donors (Lipinski definition) is 0. The molecule has 0 atom stereocenters. The third-order valence-electron chi connectivity index (χ3n) is 5.77. The molecule has 3 aliphatic rings. The number of rotatable bonds is 0. The summed E-state index contributed by atoms with van der Waals surface area (Å²) in [7, 11) is 4.49. The normalized spacial score (nSPS) is 32.2. The zero-order chi connectivity index (χ0) is 20.0. The molecule has 0 amide bonds. The number of nitrogens with zero attached hydrogens (tertiary/aromatic N) is 2. The van der Waals surface area contributed by atoms with Crippen molar-refractivity contribution >= 4 is 0 Å². The van der Waals surface area contributed by atoms with Crippen LogP contribution in [0.3, 0.4) is 0 Å². The number of likely N-dealkylation sites (N-methyl/N-ethyl adjacent to an activating group) is 2. The van der Waals surface area contributed by atoms with Gasteiger partial charge in [-0.3, -0.25) is 0 Å². The quantitative estimate of drug-likeness (QED) is 0.191. The average molecular weight is 660 g/mol. The Hall–Kier alpha value is 1.14. The molecule has 0 aliphatic carbocycles. The molecular weight excluding hydrogens is 618 g/mol. The van der Waals surface area contributed by atoms with Crippen molar-refractivity contribution in [3.05, 3.63) is 0 Å². The van der Waals surface area contributed by atoms with Crippen LogP contribution in [0.5, 0.6) is 0 Å². The summed E-state index contributed by atoms with van der Waals surface area (Å²) in [4.78, 5) is 0. The predicted molar refractivity (Wildman–Crippen MR) is 106 cm³/mol. The number of quaternary nitrogens is 2. The van der Waals surface area contributed by atoms with E-state index in [1.165, 1.54) is 0 Å². The smallest absolute Gasteiger partial charge is 0.102 e. The summed E-state index contributed by atoms with van der Waals surface area (Å²) >= 11 is 0. The SMILES string of the molecule is C[N+]12CCOCCOCC[N+](C)(CCOCCOCC1)CCOCCOCC2.[I-].[I-]. The fourth-order valence-electron chi connectivity index (χ4n) is 3.35. The third kappa shape index (κ3) is 14.3. The Morgan fingerprint density at radius 1 is 0.333 bits per heavy atom. The van der Waals surface area contributed by atoms with E-state index in [-0.39, 0.29) is 48.0 Å². The number of fused-ring (bicyclic) bond motifs is 21. The molecule has 0 radical (unpaired) electrons. The van der Waals surface area contributed by atoms with Crippen molar-refractivity contribution in [3.63, 3.8) is 0 Å². The maximum absolute atomic E-state index is 5.82. The summed E-state index contributed by atoms with van der Waals surface area (Å²) in [5.74, 6) is 0. The summed E-state index contributed by atoms with van der Waals surface area (Å²) in [5.41, 5.74) is 0. The summed E-state index contributed by atoms with van der Waals surface area (Å²) in [5, 5.41) is 0. The lowest BCUT2D eigenvalue weighted by molar-refractivity contribution is -0.911. The molecule has 3 fully saturated rings. The number of hydrogen-bond acceptors (Lipinski definition) is 6. The molecule has 3 rings (SSSR count). The van der Waals surface area contributed by atoms with Crippen LogP contribution in [0.1, 0.15) is 0 Å². The van der Waals surface area contributed by atoms with E-state index in [0.29, 0.717) is 39.6 Å². The Morgan fingerprint density at radius 2 is 0.500 bits per heavy atom. The largest absolute Gasteiger partial charge is 1.00 e. The zero-order valence-electron chi connectivity index (χ0n) is 18.8. The highest BCUT2D eigenvalue weighted by atomic mass is 127. The van der Waals surface area contributed by atoms with E-state index < -0.39 is 0 Å². The van der Waals surface area contributed by atoms with E-state index in [1.54, 1.807) is 0 Å². The molecule has 2 bridgehead atoms. The lowest BCUT2D eigenvalue weighted by Gasteiger charge is -2.35. The number of halogens is 2. The molecule has 3 aliphatic heterocycles. The lowest BCUT2D eigenvalue weighted by Crippen LogP contribution is -3.00. The van der Waals surface area contributed by atoms with Gasteiger partial charge < -0.3 is 85.3 Å².